The van der Waals surface area contributed by atoms with Crippen LogP contribution in [0.1, 0.15) is 33.1 Å². The molecule has 0 bridgehead atoms. The number of carbonyl (C=O) groups excluding carboxylic acids is 1. The molecular weight excluding hydrogens is 192 g/mol. The van der Waals surface area contributed by atoms with Crippen molar-refractivity contribution in [3.05, 3.63) is 0 Å². The molecule has 0 rings (SSSR count). The average Bonchev–Trinajstić information content (AvgIpc) is 1.95. The van der Waals surface area contributed by atoms with Crippen molar-refractivity contribution in [2.24, 2.45) is 5.92 Å². The van der Waals surface area contributed by atoms with Gasteiger partial charge in [-0.1, -0.05) is 13.3 Å². The SMILES string of the molecule is CC(=O)C(C)CCCCS(=O)(=O)[O-]. The first-order valence-electron chi connectivity index (χ1n) is 4.27. The van der Waals surface area contributed by atoms with E-state index in [0.717, 1.165) is 0 Å². The lowest BCUT2D eigenvalue weighted by atomic mass is 10.0. The van der Waals surface area contributed by atoms with Crippen LogP contribution >= 0.6 is 0 Å². The fourth-order valence-electron chi connectivity index (χ4n) is 0.933. The number of Topliss-reactive ketones (excluding diaryl/α,β-unsaturated/α-hetero) is 1. The van der Waals surface area contributed by atoms with E-state index in [9.17, 15) is 17.8 Å². The van der Waals surface area contributed by atoms with Crippen LogP contribution in [0.15, 0.2) is 0 Å². The summed E-state index contributed by atoms with van der Waals surface area (Å²) in [5.74, 6) is -0.253. The van der Waals surface area contributed by atoms with E-state index in [2.05, 4.69) is 0 Å². The maximum atomic E-state index is 10.8. The fraction of sp³-hybridized carbons (Fsp3) is 0.875. The molecule has 4 nitrogen and oxygen atoms in total. The molecule has 13 heavy (non-hydrogen) atoms. The average molecular weight is 207 g/mol. The van der Waals surface area contributed by atoms with Crippen LogP contribution in [0, 0.1) is 5.92 Å². The molecule has 0 aliphatic rings. The van der Waals surface area contributed by atoms with E-state index in [4.69, 9.17) is 0 Å². The van der Waals surface area contributed by atoms with Gasteiger partial charge in [-0.05, 0) is 19.8 Å². The first-order valence-corrected chi connectivity index (χ1v) is 5.84. The Labute approximate surface area is 79.1 Å². The number of hydrogen-bond acceptors (Lipinski definition) is 4. The monoisotopic (exact) mass is 207 g/mol. The van der Waals surface area contributed by atoms with E-state index in [1.807, 2.05) is 0 Å². The van der Waals surface area contributed by atoms with E-state index >= 15 is 0 Å². The maximum absolute atomic E-state index is 10.8. The number of hydrogen-bond donors (Lipinski definition) is 0. The Morgan fingerprint density at radius 3 is 2.31 bits per heavy atom. The zero-order valence-corrected chi connectivity index (χ0v) is 8.76. The van der Waals surface area contributed by atoms with E-state index in [1.54, 1.807) is 6.92 Å². The van der Waals surface area contributed by atoms with Gasteiger partial charge in [0.25, 0.3) is 0 Å². The van der Waals surface area contributed by atoms with Crippen molar-refractivity contribution in [3.8, 4) is 0 Å². The standard InChI is InChI=1S/C8H16O4S/c1-7(8(2)9)5-3-4-6-13(10,11)12/h7H,3-6H2,1-2H3,(H,10,11,12)/p-1. The zero-order chi connectivity index (χ0) is 10.5. The molecule has 0 saturated heterocycles. The highest BCUT2D eigenvalue weighted by atomic mass is 32.2. The molecule has 5 heteroatoms. The summed E-state index contributed by atoms with van der Waals surface area (Å²) in [6.45, 7) is 3.31. The molecule has 0 aromatic heterocycles. The Balaban J connectivity index is 3.53. The van der Waals surface area contributed by atoms with Crippen molar-refractivity contribution in [1.29, 1.82) is 0 Å². The third kappa shape index (κ3) is 7.93. The number of ketones is 1. The Hall–Kier alpha value is -0.420. The van der Waals surface area contributed by atoms with Gasteiger partial charge in [0.05, 0.1) is 10.1 Å². The molecule has 0 aliphatic heterocycles. The van der Waals surface area contributed by atoms with Crippen LogP contribution in [-0.2, 0) is 14.9 Å². The summed E-state index contributed by atoms with van der Waals surface area (Å²) >= 11 is 0. The molecule has 0 spiro atoms. The summed E-state index contributed by atoms with van der Waals surface area (Å²) in [4.78, 5) is 10.8. The van der Waals surface area contributed by atoms with Gasteiger partial charge >= 0.3 is 0 Å². The summed E-state index contributed by atoms with van der Waals surface area (Å²) < 4.78 is 30.6. The van der Waals surface area contributed by atoms with Gasteiger partial charge in [-0.2, -0.15) is 0 Å². The Morgan fingerprint density at radius 2 is 1.92 bits per heavy atom. The Morgan fingerprint density at radius 1 is 1.38 bits per heavy atom. The molecular formula is C8H15O4S-. The first kappa shape index (κ1) is 12.6. The fourth-order valence-corrected chi connectivity index (χ4v) is 1.49. The van der Waals surface area contributed by atoms with Crippen LogP contribution in [0.4, 0.5) is 0 Å². The Bertz CT molecular complexity index is 255. The van der Waals surface area contributed by atoms with Crippen molar-refractivity contribution in [1.82, 2.24) is 0 Å². The van der Waals surface area contributed by atoms with Gasteiger partial charge < -0.3 is 4.55 Å². The summed E-state index contributed by atoms with van der Waals surface area (Å²) in [6, 6.07) is 0. The zero-order valence-electron chi connectivity index (χ0n) is 7.95. The predicted molar refractivity (Wildman–Crippen MR) is 48.3 cm³/mol. The van der Waals surface area contributed by atoms with Gasteiger partial charge in [0, 0.05) is 11.7 Å². The second kappa shape index (κ2) is 5.34. The molecule has 1 unspecified atom stereocenters. The molecule has 0 aromatic rings. The highest BCUT2D eigenvalue weighted by Gasteiger charge is 2.06. The number of carbonyl (C=O) groups is 1. The second-order valence-corrected chi connectivity index (χ2v) is 4.79. The van der Waals surface area contributed by atoms with Gasteiger partial charge in [0.1, 0.15) is 5.78 Å². The normalized spacial score (nSPS) is 14.1. The third-order valence-corrected chi connectivity index (χ3v) is 2.76. The second-order valence-electron chi connectivity index (χ2n) is 3.27. The molecule has 0 fully saturated rings. The molecule has 0 aliphatic carbocycles. The lowest BCUT2D eigenvalue weighted by Gasteiger charge is -2.08. The lowest BCUT2D eigenvalue weighted by molar-refractivity contribution is -0.120. The van der Waals surface area contributed by atoms with Crippen LogP contribution < -0.4 is 0 Å². The van der Waals surface area contributed by atoms with Crippen molar-refractivity contribution < 1.29 is 17.8 Å². The molecule has 0 saturated carbocycles. The number of unbranched alkanes of at least 4 members (excludes halogenated alkanes) is 1. The minimum atomic E-state index is -4.08. The first-order chi connectivity index (χ1) is 5.83. The molecule has 78 valence electrons. The largest absolute Gasteiger partial charge is 0.748 e. The van der Waals surface area contributed by atoms with Crippen LogP contribution in [0.25, 0.3) is 0 Å². The van der Waals surface area contributed by atoms with Crippen LogP contribution in [0.3, 0.4) is 0 Å². The topological polar surface area (TPSA) is 74.3 Å². The lowest BCUT2D eigenvalue weighted by Crippen LogP contribution is -2.08. The van der Waals surface area contributed by atoms with Crippen molar-refractivity contribution >= 4 is 15.9 Å². The van der Waals surface area contributed by atoms with E-state index in [-0.39, 0.29) is 17.5 Å². The van der Waals surface area contributed by atoms with Gasteiger partial charge in [-0.25, -0.2) is 8.42 Å². The number of rotatable bonds is 6. The van der Waals surface area contributed by atoms with Crippen molar-refractivity contribution in [3.63, 3.8) is 0 Å². The van der Waals surface area contributed by atoms with Crippen molar-refractivity contribution in [2.45, 2.75) is 33.1 Å². The van der Waals surface area contributed by atoms with E-state index < -0.39 is 10.1 Å². The minimum absolute atomic E-state index is 0.0330. The molecule has 0 radical (unpaired) electrons. The maximum Gasteiger partial charge on any atom is 0.132 e. The van der Waals surface area contributed by atoms with E-state index in [0.29, 0.717) is 19.3 Å². The summed E-state index contributed by atoms with van der Waals surface area (Å²) in [5, 5.41) is 0. The molecule has 1 atom stereocenters. The molecule has 0 aromatic carbocycles. The van der Waals surface area contributed by atoms with Gasteiger partial charge in [0.2, 0.25) is 0 Å². The quantitative estimate of drug-likeness (QED) is 0.479. The van der Waals surface area contributed by atoms with Crippen molar-refractivity contribution in [2.75, 3.05) is 5.75 Å². The summed E-state index contributed by atoms with van der Waals surface area (Å²) in [5.41, 5.74) is 0. The third-order valence-electron chi connectivity index (χ3n) is 1.98. The molecule has 0 heterocycles. The molecule has 0 N–H and O–H groups in total. The van der Waals surface area contributed by atoms with Gasteiger partial charge in [0.15, 0.2) is 0 Å². The Kier molecular flexibility index (Phi) is 5.17. The highest BCUT2D eigenvalue weighted by molar-refractivity contribution is 7.85. The smallest absolute Gasteiger partial charge is 0.132 e. The van der Waals surface area contributed by atoms with Crippen LogP contribution in [0.5, 0.6) is 0 Å². The minimum Gasteiger partial charge on any atom is -0.748 e. The van der Waals surface area contributed by atoms with Crippen LogP contribution in [-0.4, -0.2) is 24.5 Å². The van der Waals surface area contributed by atoms with Crippen LogP contribution in [0.2, 0.25) is 0 Å². The molecule has 0 amide bonds. The predicted octanol–water partition coefficient (Wildman–Crippen LogP) is 0.927. The van der Waals surface area contributed by atoms with E-state index in [1.165, 1.54) is 6.92 Å². The summed E-state index contributed by atoms with van der Waals surface area (Å²) in [6.07, 6.45) is 1.62. The summed E-state index contributed by atoms with van der Waals surface area (Å²) in [7, 11) is -4.08. The highest BCUT2D eigenvalue weighted by Crippen LogP contribution is 2.09. The van der Waals surface area contributed by atoms with Gasteiger partial charge in [-0.3, -0.25) is 4.79 Å². The van der Waals surface area contributed by atoms with Gasteiger partial charge in [-0.15, -0.1) is 0 Å².